The van der Waals surface area contributed by atoms with Crippen LogP contribution in [0.2, 0.25) is 0 Å². The average molecular weight is 439 g/mol. The number of hydrogen-bond acceptors (Lipinski definition) is 5. The topological polar surface area (TPSA) is 124 Å². The second-order valence-electron chi connectivity index (χ2n) is 7.18. The van der Waals surface area contributed by atoms with Crippen molar-refractivity contribution in [1.82, 2.24) is 4.90 Å². The standard InChI is InChI=1S/C20H21NO3.C4H4O4/c1-21(2)11-5-8-17-16-7-4-3-6-15(16)13-24-19-10-9-14(20(22)23)12-18(17)19;5-3(6)1-2-4(7)8/h3-4,6-10,12H,5,11,13H2,1-2H3,(H,22,23);1-2H,(H,5,6)(H,7,8)/b17-8+;2-1+. The van der Waals surface area contributed by atoms with Gasteiger partial charge in [0.1, 0.15) is 12.4 Å². The van der Waals surface area contributed by atoms with Crippen LogP contribution in [0.5, 0.6) is 5.75 Å². The van der Waals surface area contributed by atoms with Crippen LogP contribution in [-0.2, 0) is 16.2 Å². The largest absolute Gasteiger partial charge is 0.488 e. The summed E-state index contributed by atoms with van der Waals surface area (Å²) >= 11 is 0. The molecule has 0 bridgehead atoms. The van der Waals surface area contributed by atoms with Crippen LogP contribution in [0.25, 0.3) is 5.57 Å². The van der Waals surface area contributed by atoms with E-state index in [-0.39, 0.29) is 5.56 Å². The third-order valence-corrected chi connectivity index (χ3v) is 4.50. The highest BCUT2D eigenvalue weighted by molar-refractivity contribution is 5.92. The van der Waals surface area contributed by atoms with Crippen molar-refractivity contribution in [2.24, 2.45) is 0 Å². The predicted octanol–water partition coefficient (Wildman–Crippen LogP) is 3.37. The first-order chi connectivity index (χ1) is 15.2. The van der Waals surface area contributed by atoms with Gasteiger partial charge < -0.3 is 25.0 Å². The minimum absolute atomic E-state index is 0.273. The summed E-state index contributed by atoms with van der Waals surface area (Å²) in [6.45, 7) is 1.42. The molecule has 0 unspecified atom stereocenters. The van der Waals surface area contributed by atoms with Crippen molar-refractivity contribution in [3.8, 4) is 5.75 Å². The Kier molecular flexibility index (Phi) is 8.73. The lowest BCUT2D eigenvalue weighted by atomic mass is 9.92. The van der Waals surface area contributed by atoms with E-state index in [0.29, 0.717) is 18.8 Å². The number of ether oxygens (including phenoxy) is 1. The third kappa shape index (κ3) is 7.10. The Labute approximate surface area is 185 Å². The van der Waals surface area contributed by atoms with Gasteiger partial charge in [-0.25, -0.2) is 14.4 Å². The van der Waals surface area contributed by atoms with Crippen molar-refractivity contribution in [2.45, 2.75) is 13.0 Å². The number of carboxylic acids is 3. The first-order valence-corrected chi connectivity index (χ1v) is 9.76. The van der Waals surface area contributed by atoms with Crippen LogP contribution < -0.4 is 4.74 Å². The molecule has 32 heavy (non-hydrogen) atoms. The lowest BCUT2D eigenvalue weighted by Crippen LogP contribution is -2.12. The van der Waals surface area contributed by atoms with Crippen LogP contribution >= 0.6 is 0 Å². The van der Waals surface area contributed by atoms with Crippen molar-refractivity contribution in [3.63, 3.8) is 0 Å². The Balaban J connectivity index is 0.000000390. The van der Waals surface area contributed by atoms with E-state index in [0.717, 1.165) is 41.0 Å². The van der Waals surface area contributed by atoms with Crippen molar-refractivity contribution in [2.75, 3.05) is 20.6 Å². The van der Waals surface area contributed by atoms with Crippen molar-refractivity contribution in [1.29, 1.82) is 0 Å². The summed E-state index contributed by atoms with van der Waals surface area (Å²) in [7, 11) is 4.08. The fourth-order valence-corrected chi connectivity index (χ4v) is 3.04. The third-order valence-electron chi connectivity index (χ3n) is 4.50. The minimum atomic E-state index is -1.26. The van der Waals surface area contributed by atoms with Crippen LogP contribution in [0.3, 0.4) is 0 Å². The molecular formula is C24H25NO7. The van der Waals surface area contributed by atoms with Gasteiger partial charge in [0.25, 0.3) is 0 Å². The highest BCUT2D eigenvalue weighted by Gasteiger charge is 2.20. The number of aromatic carboxylic acids is 1. The number of aliphatic carboxylic acids is 2. The molecule has 0 aromatic heterocycles. The van der Waals surface area contributed by atoms with E-state index < -0.39 is 17.9 Å². The molecule has 1 aliphatic rings. The first kappa shape index (κ1) is 24.4. The van der Waals surface area contributed by atoms with Gasteiger partial charge in [0.2, 0.25) is 0 Å². The van der Waals surface area contributed by atoms with Gasteiger partial charge in [-0.3, -0.25) is 0 Å². The second kappa shape index (κ2) is 11.5. The number of nitrogens with zero attached hydrogens (tertiary/aromatic N) is 1. The van der Waals surface area contributed by atoms with Crippen LogP contribution in [-0.4, -0.2) is 58.8 Å². The highest BCUT2D eigenvalue weighted by Crippen LogP contribution is 2.37. The van der Waals surface area contributed by atoms with E-state index in [1.165, 1.54) is 0 Å². The molecule has 168 valence electrons. The van der Waals surface area contributed by atoms with E-state index in [1.807, 2.05) is 26.2 Å². The molecule has 2 aromatic carbocycles. The summed E-state index contributed by atoms with van der Waals surface area (Å²) in [6.07, 6.45) is 4.18. The molecule has 3 N–H and O–H groups in total. The zero-order valence-electron chi connectivity index (χ0n) is 17.8. The maximum atomic E-state index is 11.4. The number of carboxylic acid groups (broad SMARTS) is 3. The maximum Gasteiger partial charge on any atom is 0.335 e. The fourth-order valence-electron chi connectivity index (χ4n) is 3.04. The molecule has 0 fully saturated rings. The van der Waals surface area contributed by atoms with Crippen LogP contribution in [0.1, 0.15) is 33.5 Å². The van der Waals surface area contributed by atoms with Gasteiger partial charge in [-0.15, -0.1) is 0 Å². The molecule has 0 atom stereocenters. The number of rotatable bonds is 6. The van der Waals surface area contributed by atoms with Crippen LogP contribution in [0.15, 0.2) is 60.7 Å². The van der Waals surface area contributed by atoms with Crippen molar-refractivity contribution < 1.29 is 34.4 Å². The van der Waals surface area contributed by atoms with Gasteiger partial charge >= 0.3 is 17.9 Å². The highest BCUT2D eigenvalue weighted by atomic mass is 16.5. The number of fused-ring (bicyclic) bond motifs is 2. The molecule has 2 aromatic rings. The molecule has 0 aliphatic carbocycles. The molecule has 0 saturated carbocycles. The van der Waals surface area contributed by atoms with Crippen LogP contribution in [0.4, 0.5) is 0 Å². The molecule has 0 radical (unpaired) electrons. The smallest absolute Gasteiger partial charge is 0.335 e. The molecule has 8 nitrogen and oxygen atoms in total. The normalized spacial score (nSPS) is 13.4. The number of carbonyl (C=O) groups is 3. The molecule has 3 rings (SSSR count). The van der Waals surface area contributed by atoms with E-state index in [1.54, 1.807) is 18.2 Å². The van der Waals surface area contributed by atoms with E-state index in [4.69, 9.17) is 14.9 Å². The number of hydrogen-bond donors (Lipinski definition) is 3. The lowest BCUT2D eigenvalue weighted by Gasteiger charge is -2.13. The summed E-state index contributed by atoms with van der Waals surface area (Å²) in [5.74, 6) is -2.71. The monoisotopic (exact) mass is 439 g/mol. The molecule has 8 heteroatoms. The predicted molar refractivity (Wildman–Crippen MR) is 119 cm³/mol. The Hall–Kier alpha value is -3.91. The summed E-state index contributed by atoms with van der Waals surface area (Å²) in [5, 5.41) is 24.9. The van der Waals surface area contributed by atoms with Gasteiger partial charge in [-0.05, 0) is 55.4 Å². The second-order valence-corrected chi connectivity index (χ2v) is 7.18. The zero-order chi connectivity index (χ0) is 23.7. The quantitative estimate of drug-likeness (QED) is 0.585. The van der Waals surface area contributed by atoms with Gasteiger partial charge in [0.15, 0.2) is 0 Å². The molecule has 1 heterocycles. The molecular weight excluding hydrogens is 414 g/mol. The first-order valence-electron chi connectivity index (χ1n) is 9.76. The summed E-state index contributed by atoms with van der Waals surface area (Å²) in [6, 6.07) is 13.2. The molecule has 0 saturated heterocycles. The molecule has 0 spiro atoms. The molecule has 1 aliphatic heterocycles. The fraction of sp³-hybridized carbons (Fsp3) is 0.208. The SMILES string of the molecule is CN(C)CC/C=C1\c2ccccc2COc2ccc(C(=O)O)cc21.O=C(O)/C=C/C(=O)O. The number of benzene rings is 2. The lowest BCUT2D eigenvalue weighted by molar-refractivity contribution is -0.134. The summed E-state index contributed by atoms with van der Waals surface area (Å²) < 4.78 is 5.92. The van der Waals surface area contributed by atoms with E-state index in [9.17, 15) is 19.5 Å². The van der Waals surface area contributed by atoms with Crippen LogP contribution in [0, 0.1) is 0 Å². The van der Waals surface area contributed by atoms with Gasteiger partial charge in [0.05, 0.1) is 5.56 Å². The van der Waals surface area contributed by atoms with E-state index >= 15 is 0 Å². The zero-order valence-corrected chi connectivity index (χ0v) is 17.8. The van der Waals surface area contributed by atoms with E-state index in [2.05, 4.69) is 23.1 Å². The Morgan fingerprint density at radius 2 is 1.62 bits per heavy atom. The summed E-state index contributed by atoms with van der Waals surface area (Å²) in [4.78, 5) is 32.6. The van der Waals surface area contributed by atoms with Crippen molar-refractivity contribution in [3.05, 3.63) is 82.9 Å². The minimum Gasteiger partial charge on any atom is -0.488 e. The average Bonchev–Trinajstić information content (AvgIpc) is 2.89. The van der Waals surface area contributed by atoms with Gasteiger partial charge in [-0.1, -0.05) is 30.3 Å². The Morgan fingerprint density at radius 3 is 2.22 bits per heavy atom. The maximum absolute atomic E-state index is 11.4. The molecule has 0 amide bonds. The van der Waals surface area contributed by atoms with Gasteiger partial charge in [-0.2, -0.15) is 0 Å². The van der Waals surface area contributed by atoms with Gasteiger partial charge in [0, 0.05) is 24.3 Å². The Bertz CT molecular complexity index is 1040. The summed E-state index contributed by atoms with van der Waals surface area (Å²) in [5.41, 5.74) is 4.39. The Morgan fingerprint density at radius 1 is 0.969 bits per heavy atom. The van der Waals surface area contributed by atoms with Crippen molar-refractivity contribution >= 4 is 23.5 Å².